The minimum absolute atomic E-state index is 0.0632. The number of aromatic hydroxyl groups is 2. The molecule has 1 aliphatic carbocycles. The van der Waals surface area contributed by atoms with Crippen LogP contribution in [0.25, 0.3) is 0 Å². The van der Waals surface area contributed by atoms with E-state index in [4.69, 9.17) is 0 Å². The van der Waals surface area contributed by atoms with E-state index in [1.807, 2.05) is 13.1 Å². The number of phenols is 2. The fourth-order valence-electron chi connectivity index (χ4n) is 3.94. The third-order valence-corrected chi connectivity index (χ3v) is 5.08. The van der Waals surface area contributed by atoms with Crippen LogP contribution < -0.4 is 0 Å². The third kappa shape index (κ3) is 1.74. The maximum Gasteiger partial charge on any atom is 0.161 e. The summed E-state index contributed by atoms with van der Waals surface area (Å²) in [6.45, 7) is 0.914. The van der Waals surface area contributed by atoms with Crippen molar-refractivity contribution in [1.29, 1.82) is 0 Å². The molecule has 4 nitrogen and oxygen atoms in total. The van der Waals surface area contributed by atoms with E-state index in [1.54, 1.807) is 6.07 Å². The van der Waals surface area contributed by atoms with E-state index in [1.165, 1.54) is 6.07 Å². The summed E-state index contributed by atoms with van der Waals surface area (Å²) in [5.41, 5.74) is 0.302. The third-order valence-electron chi connectivity index (χ3n) is 5.08. The average molecular weight is 263 g/mol. The molecule has 2 bridgehead atoms. The highest BCUT2D eigenvalue weighted by atomic mass is 16.3. The smallest absolute Gasteiger partial charge is 0.161 e. The van der Waals surface area contributed by atoms with Gasteiger partial charge in [-0.2, -0.15) is 0 Å². The molecule has 0 radical (unpaired) electrons. The maximum absolute atomic E-state index is 10.7. The van der Waals surface area contributed by atoms with Gasteiger partial charge < -0.3 is 20.2 Å². The van der Waals surface area contributed by atoms with Gasteiger partial charge in [-0.1, -0.05) is 18.6 Å². The number of benzene rings is 1. The van der Waals surface area contributed by atoms with Gasteiger partial charge in [-0.05, 0) is 38.9 Å². The van der Waals surface area contributed by atoms with Gasteiger partial charge in [-0.25, -0.2) is 0 Å². The molecular weight excluding hydrogens is 242 g/mol. The molecule has 4 heteroatoms. The van der Waals surface area contributed by atoms with Crippen molar-refractivity contribution in [3.63, 3.8) is 0 Å². The molecule has 3 N–H and O–H groups in total. The van der Waals surface area contributed by atoms with E-state index >= 15 is 0 Å². The van der Waals surface area contributed by atoms with Crippen molar-refractivity contribution in [3.05, 3.63) is 23.8 Å². The van der Waals surface area contributed by atoms with Crippen LogP contribution in [0.2, 0.25) is 0 Å². The molecule has 3 rings (SSSR count). The van der Waals surface area contributed by atoms with Gasteiger partial charge in [-0.15, -0.1) is 0 Å². The predicted molar refractivity (Wildman–Crippen MR) is 72.3 cm³/mol. The van der Waals surface area contributed by atoms with Crippen LogP contribution in [0.5, 0.6) is 11.5 Å². The molecule has 0 aromatic heterocycles. The average Bonchev–Trinajstić information content (AvgIpc) is 2.38. The zero-order chi connectivity index (χ0) is 13.6. The first kappa shape index (κ1) is 12.8. The van der Waals surface area contributed by atoms with Crippen molar-refractivity contribution in [1.82, 2.24) is 4.90 Å². The SMILES string of the molecule is CN1CC[C@@]2(c3cccc(O)c3O)CCC[C@@H]1[C@@H]2O. The van der Waals surface area contributed by atoms with Gasteiger partial charge in [0, 0.05) is 17.0 Å². The van der Waals surface area contributed by atoms with Crippen LogP contribution in [-0.4, -0.2) is 46.0 Å². The van der Waals surface area contributed by atoms with Gasteiger partial charge in [0.25, 0.3) is 0 Å². The topological polar surface area (TPSA) is 63.9 Å². The lowest BCUT2D eigenvalue weighted by atomic mass is 9.61. The number of rotatable bonds is 1. The van der Waals surface area contributed by atoms with Gasteiger partial charge in [-0.3, -0.25) is 0 Å². The molecule has 19 heavy (non-hydrogen) atoms. The summed E-state index contributed by atoms with van der Waals surface area (Å²) in [5.74, 6) is -0.160. The Hall–Kier alpha value is -1.26. The number of likely N-dealkylation sites (tertiary alicyclic amines) is 1. The van der Waals surface area contributed by atoms with Gasteiger partial charge in [0.1, 0.15) is 0 Å². The zero-order valence-corrected chi connectivity index (χ0v) is 11.2. The van der Waals surface area contributed by atoms with Gasteiger partial charge >= 0.3 is 0 Å². The Balaban J connectivity index is 2.08. The highest BCUT2D eigenvalue weighted by Crippen LogP contribution is 2.50. The predicted octanol–water partition coefficient (Wildman–Crippen LogP) is 1.58. The summed E-state index contributed by atoms with van der Waals surface area (Å²) in [4.78, 5) is 2.21. The normalized spacial score (nSPS) is 35.3. The number of fused-ring (bicyclic) bond motifs is 2. The van der Waals surface area contributed by atoms with Crippen LogP contribution in [0, 0.1) is 0 Å². The van der Waals surface area contributed by atoms with E-state index in [9.17, 15) is 15.3 Å². The number of nitrogens with zero attached hydrogens (tertiary/aromatic N) is 1. The Morgan fingerprint density at radius 1 is 1.26 bits per heavy atom. The second-order valence-corrected chi connectivity index (χ2v) is 5.96. The molecule has 1 heterocycles. The molecule has 1 saturated heterocycles. The number of aliphatic hydroxyl groups is 1. The second-order valence-electron chi connectivity index (χ2n) is 5.96. The Morgan fingerprint density at radius 3 is 2.84 bits per heavy atom. The first-order valence-electron chi connectivity index (χ1n) is 6.96. The largest absolute Gasteiger partial charge is 0.504 e. The molecule has 104 valence electrons. The molecule has 1 aromatic carbocycles. The highest BCUT2D eigenvalue weighted by molar-refractivity contribution is 5.49. The minimum Gasteiger partial charge on any atom is -0.504 e. The lowest BCUT2D eigenvalue weighted by Gasteiger charge is -2.53. The molecule has 2 aliphatic rings. The van der Waals surface area contributed by atoms with E-state index in [0.717, 1.165) is 32.2 Å². The molecule has 1 saturated carbocycles. The van der Waals surface area contributed by atoms with Crippen LogP contribution in [0.3, 0.4) is 0 Å². The van der Waals surface area contributed by atoms with Crippen LogP contribution in [0.15, 0.2) is 18.2 Å². The Morgan fingerprint density at radius 2 is 2.05 bits per heavy atom. The van der Waals surface area contributed by atoms with Crippen LogP contribution in [0.4, 0.5) is 0 Å². The van der Waals surface area contributed by atoms with Gasteiger partial charge in [0.2, 0.25) is 0 Å². The van der Waals surface area contributed by atoms with E-state index in [0.29, 0.717) is 5.56 Å². The quantitative estimate of drug-likeness (QED) is 0.673. The van der Waals surface area contributed by atoms with E-state index < -0.39 is 11.5 Å². The van der Waals surface area contributed by atoms with Crippen molar-refractivity contribution in [2.24, 2.45) is 0 Å². The summed E-state index contributed by atoms with van der Waals surface area (Å²) < 4.78 is 0. The summed E-state index contributed by atoms with van der Waals surface area (Å²) in [5, 5.41) is 30.6. The molecule has 0 amide bonds. The first-order valence-corrected chi connectivity index (χ1v) is 6.96. The summed E-state index contributed by atoms with van der Waals surface area (Å²) in [6, 6.07) is 5.22. The number of likely N-dealkylation sites (N-methyl/N-ethyl adjacent to an activating group) is 1. The Bertz CT molecular complexity index is 490. The number of hydrogen-bond acceptors (Lipinski definition) is 4. The van der Waals surface area contributed by atoms with Crippen molar-refractivity contribution in [2.75, 3.05) is 13.6 Å². The summed E-state index contributed by atoms with van der Waals surface area (Å²) in [7, 11) is 2.05. The van der Waals surface area contributed by atoms with Crippen molar-refractivity contribution >= 4 is 0 Å². The summed E-state index contributed by atoms with van der Waals surface area (Å²) in [6.07, 6.45) is 3.25. The lowest BCUT2D eigenvalue weighted by molar-refractivity contribution is -0.0680. The first-order chi connectivity index (χ1) is 9.06. The Labute approximate surface area is 113 Å². The van der Waals surface area contributed by atoms with Gasteiger partial charge in [0.05, 0.1) is 6.10 Å². The molecule has 1 aromatic rings. The van der Waals surface area contributed by atoms with Crippen molar-refractivity contribution in [2.45, 2.75) is 43.2 Å². The van der Waals surface area contributed by atoms with E-state index in [-0.39, 0.29) is 17.5 Å². The standard InChI is InChI=1S/C15H21NO3/c1-16-9-8-15(7-3-5-11(16)14(15)19)10-4-2-6-12(17)13(10)18/h2,4,6,11,14,17-19H,3,5,7-9H2,1H3/t11-,14+,15-/m1/s1. The number of para-hydroxylation sites is 1. The lowest BCUT2D eigenvalue weighted by Crippen LogP contribution is -2.60. The fourth-order valence-corrected chi connectivity index (χ4v) is 3.94. The molecule has 2 fully saturated rings. The number of aliphatic hydroxyl groups excluding tert-OH is 1. The molecule has 0 spiro atoms. The van der Waals surface area contributed by atoms with Crippen molar-refractivity contribution < 1.29 is 15.3 Å². The van der Waals surface area contributed by atoms with Gasteiger partial charge in [0.15, 0.2) is 11.5 Å². The summed E-state index contributed by atoms with van der Waals surface area (Å²) >= 11 is 0. The van der Waals surface area contributed by atoms with Crippen LogP contribution in [-0.2, 0) is 5.41 Å². The second kappa shape index (κ2) is 4.39. The maximum atomic E-state index is 10.7. The molecule has 0 unspecified atom stereocenters. The number of phenolic OH excluding ortho intramolecular Hbond substituents is 2. The minimum atomic E-state index is -0.479. The zero-order valence-electron chi connectivity index (χ0n) is 11.2. The molecular formula is C15H21NO3. The fraction of sp³-hybridized carbons (Fsp3) is 0.600. The highest BCUT2D eigenvalue weighted by Gasteiger charge is 2.51. The van der Waals surface area contributed by atoms with Crippen LogP contribution in [0.1, 0.15) is 31.2 Å². The number of piperidine rings is 1. The Kier molecular flexibility index (Phi) is 2.95. The van der Waals surface area contributed by atoms with Crippen LogP contribution >= 0.6 is 0 Å². The van der Waals surface area contributed by atoms with E-state index in [2.05, 4.69) is 4.90 Å². The number of hydrogen-bond donors (Lipinski definition) is 3. The monoisotopic (exact) mass is 263 g/mol. The molecule has 1 aliphatic heterocycles. The molecule has 3 atom stereocenters. The van der Waals surface area contributed by atoms with Crippen molar-refractivity contribution in [3.8, 4) is 11.5 Å².